The predicted molar refractivity (Wildman–Crippen MR) is 102 cm³/mol. The van der Waals surface area contributed by atoms with E-state index in [1.165, 1.54) is 5.56 Å². The molecule has 0 aliphatic rings. The Kier molecular flexibility index (Phi) is 7.79. The lowest BCUT2D eigenvalue weighted by Gasteiger charge is -2.11. The SMILES string of the molecule is CCOC(=O)[C@@H](S)Cc1ccc(OCCc2ccc(CC)cn2)cc1. The zero-order valence-electron chi connectivity index (χ0n) is 14.8. The third-order valence-electron chi connectivity index (χ3n) is 3.83. The number of aromatic nitrogens is 1. The van der Waals surface area contributed by atoms with Gasteiger partial charge < -0.3 is 9.47 Å². The molecule has 0 aliphatic heterocycles. The van der Waals surface area contributed by atoms with E-state index in [0.29, 0.717) is 19.6 Å². The topological polar surface area (TPSA) is 48.4 Å². The van der Waals surface area contributed by atoms with Gasteiger partial charge >= 0.3 is 5.97 Å². The Bertz CT molecular complexity index is 656. The molecule has 0 aliphatic carbocycles. The average Bonchev–Trinajstić information content (AvgIpc) is 2.64. The first-order valence-corrected chi connectivity index (χ1v) is 9.14. The van der Waals surface area contributed by atoms with E-state index in [-0.39, 0.29) is 5.97 Å². The molecule has 134 valence electrons. The number of carbonyl (C=O) groups excluding carboxylic acids is 1. The van der Waals surface area contributed by atoms with E-state index in [1.807, 2.05) is 36.5 Å². The number of carbonyl (C=O) groups is 1. The van der Waals surface area contributed by atoms with Gasteiger partial charge in [-0.15, -0.1) is 0 Å². The fourth-order valence-electron chi connectivity index (χ4n) is 2.35. The maximum atomic E-state index is 11.6. The summed E-state index contributed by atoms with van der Waals surface area (Å²) in [6.07, 6.45) is 4.23. The second kappa shape index (κ2) is 10.1. The Labute approximate surface area is 155 Å². The second-order valence-electron chi connectivity index (χ2n) is 5.73. The van der Waals surface area contributed by atoms with Crippen molar-refractivity contribution in [2.24, 2.45) is 0 Å². The number of thiol groups is 1. The highest BCUT2D eigenvalue weighted by atomic mass is 32.1. The molecule has 1 heterocycles. The molecule has 0 saturated heterocycles. The monoisotopic (exact) mass is 359 g/mol. The van der Waals surface area contributed by atoms with Crippen LogP contribution in [0.4, 0.5) is 0 Å². The number of hydrogen-bond donors (Lipinski definition) is 1. The molecule has 2 aromatic rings. The molecule has 0 N–H and O–H groups in total. The molecule has 4 nitrogen and oxygen atoms in total. The maximum absolute atomic E-state index is 11.6. The second-order valence-corrected chi connectivity index (χ2v) is 6.35. The van der Waals surface area contributed by atoms with Crippen LogP contribution < -0.4 is 4.74 Å². The Hall–Kier alpha value is -2.01. The summed E-state index contributed by atoms with van der Waals surface area (Å²) in [7, 11) is 0. The highest BCUT2D eigenvalue weighted by Gasteiger charge is 2.15. The lowest BCUT2D eigenvalue weighted by molar-refractivity contribution is -0.142. The Balaban J connectivity index is 1.78. The van der Waals surface area contributed by atoms with Crippen LogP contribution in [0.25, 0.3) is 0 Å². The van der Waals surface area contributed by atoms with Gasteiger partial charge in [0.05, 0.1) is 13.2 Å². The van der Waals surface area contributed by atoms with Gasteiger partial charge in [0.2, 0.25) is 0 Å². The fraction of sp³-hybridized carbons (Fsp3) is 0.400. The van der Waals surface area contributed by atoms with Crippen LogP contribution in [0.15, 0.2) is 42.6 Å². The van der Waals surface area contributed by atoms with Crippen LogP contribution in [0.2, 0.25) is 0 Å². The number of aryl methyl sites for hydroxylation is 1. The smallest absolute Gasteiger partial charge is 0.319 e. The molecular formula is C20H25NO3S. The molecule has 0 unspecified atom stereocenters. The molecule has 5 heteroatoms. The van der Waals surface area contributed by atoms with Crippen molar-refractivity contribution in [2.45, 2.75) is 38.4 Å². The summed E-state index contributed by atoms with van der Waals surface area (Å²) < 4.78 is 10.7. The van der Waals surface area contributed by atoms with Gasteiger partial charge in [0.1, 0.15) is 11.0 Å². The van der Waals surface area contributed by atoms with E-state index in [2.05, 4.69) is 30.6 Å². The Morgan fingerprint density at radius 1 is 1.12 bits per heavy atom. The third-order valence-corrected chi connectivity index (χ3v) is 4.23. The molecule has 1 atom stereocenters. The highest BCUT2D eigenvalue weighted by molar-refractivity contribution is 7.81. The zero-order chi connectivity index (χ0) is 18.1. The van der Waals surface area contributed by atoms with Gasteiger partial charge in [0, 0.05) is 18.3 Å². The minimum Gasteiger partial charge on any atom is -0.493 e. The van der Waals surface area contributed by atoms with Crippen molar-refractivity contribution in [2.75, 3.05) is 13.2 Å². The van der Waals surface area contributed by atoms with E-state index in [0.717, 1.165) is 29.8 Å². The average molecular weight is 359 g/mol. The van der Waals surface area contributed by atoms with Crippen molar-refractivity contribution in [1.82, 2.24) is 4.98 Å². The van der Waals surface area contributed by atoms with E-state index < -0.39 is 5.25 Å². The first-order chi connectivity index (χ1) is 12.1. The van der Waals surface area contributed by atoms with Crippen molar-refractivity contribution in [1.29, 1.82) is 0 Å². The van der Waals surface area contributed by atoms with Gasteiger partial charge in [0.15, 0.2) is 0 Å². The summed E-state index contributed by atoms with van der Waals surface area (Å²) in [4.78, 5) is 16.0. The fourth-order valence-corrected chi connectivity index (χ4v) is 2.64. The van der Waals surface area contributed by atoms with Crippen molar-refractivity contribution >= 4 is 18.6 Å². The Morgan fingerprint density at radius 3 is 2.44 bits per heavy atom. The zero-order valence-corrected chi connectivity index (χ0v) is 15.7. The van der Waals surface area contributed by atoms with Crippen LogP contribution in [-0.4, -0.2) is 29.4 Å². The minimum atomic E-state index is -0.441. The molecule has 2 rings (SSSR count). The summed E-state index contributed by atoms with van der Waals surface area (Å²) in [5.41, 5.74) is 3.30. The van der Waals surface area contributed by atoms with Crippen LogP contribution in [0, 0.1) is 0 Å². The number of pyridine rings is 1. The summed E-state index contributed by atoms with van der Waals surface area (Å²) in [5, 5.41) is -0.441. The normalized spacial score (nSPS) is 11.8. The molecule has 1 aromatic carbocycles. The standard InChI is InChI=1S/C20H25NO3S/c1-3-15-5-8-17(21-14-15)11-12-24-18-9-6-16(7-10-18)13-19(25)20(22)23-4-2/h5-10,14,19,25H,3-4,11-13H2,1-2H3/t19-/m0/s1. The van der Waals surface area contributed by atoms with Crippen molar-refractivity contribution in [3.05, 3.63) is 59.4 Å². The van der Waals surface area contributed by atoms with Gasteiger partial charge in [-0.25, -0.2) is 0 Å². The number of rotatable bonds is 9. The van der Waals surface area contributed by atoms with Gasteiger partial charge in [-0.05, 0) is 49.1 Å². The molecule has 0 saturated carbocycles. The van der Waals surface area contributed by atoms with Crippen LogP contribution >= 0.6 is 12.6 Å². The summed E-state index contributed by atoms with van der Waals surface area (Å²) in [6, 6.07) is 11.9. The Morgan fingerprint density at radius 2 is 1.84 bits per heavy atom. The molecule has 0 radical (unpaired) electrons. The lowest BCUT2D eigenvalue weighted by Crippen LogP contribution is -2.20. The number of nitrogens with zero attached hydrogens (tertiary/aromatic N) is 1. The summed E-state index contributed by atoms with van der Waals surface area (Å²) >= 11 is 4.29. The van der Waals surface area contributed by atoms with Crippen LogP contribution in [0.3, 0.4) is 0 Å². The quantitative estimate of drug-likeness (QED) is 0.548. The number of hydrogen-bond acceptors (Lipinski definition) is 5. The molecular weight excluding hydrogens is 334 g/mol. The summed E-state index contributed by atoms with van der Waals surface area (Å²) in [6.45, 7) is 4.86. The van der Waals surface area contributed by atoms with E-state index in [1.54, 1.807) is 6.92 Å². The van der Waals surface area contributed by atoms with Crippen molar-refractivity contribution < 1.29 is 14.3 Å². The molecule has 25 heavy (non-hydrogen) atoms. The third kappa shape index (κ3) is 6.42. The molecule has 1 aromatic heterocycles. The van der Waals surface area contributed by atoms with Crippen molar-refractivity contribution in [3.8, 4) is 5.75 Å². The van der Waals surface area contributed by atoms with E-state index >= 15 is 0 Å². The van der Waals surface area contributed by atoms with Gasteiger partial charge in [-0.1, -0.05) is 25.1 Å². The molecule has 0 fully saturated rings. The number of benzene rings is 1. The van der Waals surface area contributed by atoms with E-state index in [4.69, 9.17) is 9.47 Å². The largest absolute Gasteiger partial charge is 0.493 e. The number of ether oxygens (including phenoxy) is 2. The van der Waals surface area contributed by atoms with Crippen molar-refractivity contribution in [3.63, 3.8) is 0 Å². The molecule has 0 spiro atoms. The molecule has 0 bridgehead atoms. The van der Waals surface area contributed by atoms with Gasteiger partial charge in [-0.3, -0.25) is 9.78 Å². The minimum absolute atomic E-state index is 0.284. The number of esters is 1. The first-order valence-electron chi connectivity index (χ1n) is 8.62. The predicted octanol–water partition coefficient (Wildman–Crippen LogP) is 3.67. The first kappa shape index (κ1) is 19.3. The lowest BCUT2D eigenvalue weighted by atomic mass is 10.1. The highest BCUT2D eigenvalue weighted by Crippen LogP contribution is 2.16. The van der Waals surface area contributed by atoms with Gasteiger partial charge in [-0.2, -0.15) is 12.6 Å². The van der Waals surface area contributed by atoms with Crippen LogP contribution in [0.5, 0.6) is 5.75 Å². The maximum Gasteiger partial charge on any atom is 0.319 e. The van der Waals surface area contributed by atoms with Crippen LogP contribution in [0.1, 0.15) is 30.7 Å². The molecule has 0 amide bonds. The van der Waals surface area contributed by atoms with Crippen LogP contribution in [-0.2, 0) is 28.8 Å². The summed E-state index contributed by atoms with van der Waals surface area (Å²) in [5.74, 6) is 0.522. The van der Waals surface area contributed by atoms with E-state index in [9.17, 15) is 4.79 Å². The van der Waals surface area contributed by atoms with Gasteiger partial charge in [0.25, 0.3) is 0 Å².